The summed E-state index contributed by atoms with van der Waals surface area (Å²) in [7, 11) is -3.99. The monoisotopic (exact) mass is 421 g/mol. The van der Waals surface area contributed by atoms with Crippen molar-refractivity contribution >= 4 is 21.4 Å². The van der Waals surface area contributed by atoms with E-state index < -0.39 is 27.1 Å². The Labute approximate surface area is 175 Å². The number of sulfone groups is 1. The number of hydrogen-bond acceptors (Lipinski definition) is 3. The molecule has 1 heterocycles. The van der Waals surface area contributed by atoms with Gasteiger partial charge in [-0.2, -0.15) is 0 Å². The van der Waals surface area contributed by atoms with Crippen molar-refractivity contribution in [2.24, 2.45) is 0 Å². The van der Waals surface area contributed by atoms with Crippen molar-refractivity contribution in [1.29, 1.82) is 0 Å². The largest absolute Gasteiger partial charge is 0.294 e. The van der Waals surface area contributed by atoms with Gasteiger partial charge in [-0.25, -0.2) is 12.8 Å². The van der Waals surface area contributed by atoms with Crippen LogP contribution in [0.4, 0.5) is 10.1 Å². The van der Waals surface area contributed by atoms with E-state index in [1.807, 2.05) is 13.0 Å². The van der Waals surface area contributed by atoms with Crippen molar-refractivity contribution in [3.05, 3.63) is 107 Å². The predicted octanol–water partition coefficient (Wildman–Crippen LogP) is 4.75. The number of carbonyl (C=O) groups excluding carboxylic acids is 1. The van der Waals surface area contributed by atoms with Gasteiger partial charge in [0.15, 0.2) is 0 Å². The molecular formula is C24H20FNO3S. The molecule has 0 saturated carbocycles. The third kappa shape index (κ3) is 3.13. The fourth-order valence-electron chi connectivity index (χ4n) is 3.84. The molecule has 152 valence electrons. The molecule has 0 aromatic heterocycles. The summed E-state index contributed by atoms with van der Waals surface area (Å²) in [6.45, 7) is 3.55. The molecule has 3 aromatic carbocycles. The van der Waals surface area contributed by atoms with E-state index in [0.29, 0.717) is 11.3 Å². The van der Waals surface area contributed by atoms with Gasteiger partial charge >= 0.3 is 0 Å². The van der Waals surface area contributed by atoms with Crippen LogP contribution in [0.5, 0.6) is 0 Å². The molecule has 0 radical (unpaired) electrons. The predicted molar refractivity (Wildman–Crippen MR) is 114 cm³/mol. The van der Waals surface area contributed by atoms with Crippen LogP contribution >= 0.6 is 0 Å². The molecule has 1 unspecified atom stereocenters. The molecule has 4 nitrogen and oxygen atoms in total. The molecule has 1 aliphatic rings. The highest BCUT2D eigenvalue weighted by Gasteiger charge is 2.51. The Morgan fingerprint density at radius 2 is 1.47 bits per heavy atom. The van der Waals surface area contributed by atoms with Crippen molar-refractivity contribution in [3.8, 4) is 0 Å². The van der Waals surface area contributed by atoms with Gasteiger partial charge in [-0.1, -0.05) is 48.0 Å². The van der Waals surface area contributed by atoms with Crippen LogP contribution in [0, 0.1) is 12.7 Å². The molecule has 0 fully saturated rings. The summed E-state index contributed by atoms with van der Waals surface area (Å²) in [6.07, 6.45) is 1.17. The first-order valence-corrected chi connectivity index (χ1v) is 10.9. The van der Waals surface area contributed by atoms with E-state index in [4.69, 9.17) is 0 Å². The number of aryl methyl sites for hydroxylation is 1. The van der Waals surface area contributed by atoms with Gasteiger partial charge in [-0.05, 0) is 55.8 Å². The zero-order valence-corrected chi connectivity index (χ0v) is 17.4. The van der Waals surface area contributed by atoms with Gasteiger partial charge in [0.2, 0.25) is 9.84 Å². The van der Waals surface area contributed by atoms with Crippen LogP contribution in [0.1, 0.15) is 18.1 Å². The van der Waals surface area contributed by atoms with Crippen molar-refractivity contribution in [1.82, 2.24) is 0 Å². The Morgan fingerprint density at radius 3 is 2.07 bits per heavy atom. The minimum atomic E-state index is -3.99. The van der Waals surface area contributed by atoms with E-state index in [0.717, 1.165) is 5.56 Å². The third-order valence-electron chi connectivity index (χ3n) is 5.44. The van der Waals surface area contributed by atoms with Crippen LogP contribution < -0.4 is 4.90 Å². The molecule has 1 atom stereocenters. The van der Waals surface area contributed by atoms with Crippen LogP contribution in [-0.4, -0.2) is 14.3 Å². The molecule has 0 spiro atoms. The van der Waals surface area contributed by atoms with Crippen molar-refractivity contribution in [2.75, 3.05) is 4.90 Å². The number of benzene rings is 3. The second kappa shape index (κ2) is 7.22. The standard InChI is InChI=1S/C24H20FNO3S/c1-17-8-14-21(15-9-17)30(28,29)22-16-23(27)26(20-6-4-3-5-7-20)24(22,2)18-10-12-19(25)13-11-18/h3-16H,1-2H3. The molecule has 4 rings (SSSR count). The molecule has 0 saturated heterocycles. The van der Waals surface area contributed by atoms with Crippen LogP contribution in [0.25, 0.3) is 0 Å². The third-order valence-corrected chi connectivity index (χ3v) is 7.43. The Balaban J connectivity index is 1.95. The average molecular weight is 421 g/mol. The summed E-state index contributed by atoms with van der Waals surface area (Å²) in [5.41, 5.74) is 0.647. The molecule has 3 aromatic rings. The molecule has 0 aliphatic carbocycles. The molecule has 1 amide bonds. The van der Waals surface area contributed by atoms with Gasteiger partial charge in [-0.15, -0.1) is 0 Å². The van der Waals surface area contributed by atoms with Gasteiger partial charge in [0.05, 0.1) is 9.80 Å². The molecule has 30 heavy (non-hydrogen) atoms. The first kappa shape index (κ1) is 20.0. The minimum absolute atomic E-state index is 0.0423. The fourth-order valence-corrected chi connectivity index (χ4v) is 5.58. The second-order valence-corrected chi connectivity index (χ2v) is 9.33. The average Bonchev–Trinajstić information content (AvgIpc) is 3.01. The number of hydrogen-bond donors (Lipinski definition) is 0. The second-order valence-electron chi connectivity index (χ2n) is 7.41. The summed E-state index contributed by atoms with van der Waals surface area (Å²) in [5, 5.41) is 0. The topological polar surface area (TPSA) is 54.5 Å². The summed E-state index contributed by atoms with van der Waals surface area (Å²) >= 11 is 0. The van der Waals surface area contributed by atoms with Crippen molar-refractivity contribution in [2.45, 2.75) is 24.3 Å². The maximum atomic E-state index is 13.6. The zero-order chi connectivity index (χ0) is 21.5. The lowest BCUT2D eigenvalue weighted by atomic mass is 9.91. The van der Waals surface area contributed by atoms with E-state index in [1.165, 1.54) is 47.4 Å². The number of halogens is 1. The summed E-state index contributed by atoms with van der Waals surface area (Å²) in [6, 6.07) is 20.9. The zero-order valence-electron chi connectivity index (χ0n) is 16.5. The number of nitrogens with zero attached hydrogens (tertiary/aromatic N) is 1. The lowest BCUT2D eigenvalue weighted by Gasteiger charge is -2.38. The Hall–Kier alpha value is -3.25. The van der Waals surface area contributed by atoms with Gasteiger partial charge in [0, 0.05) is 11.8 Å². The molecule has 6 heteroatoms. The van der Waals surface area contributed by atoms with Crippen LogP contribution in [0.3, 0.4) is 0 Å². The number of para-hydroxylation sites is 1. The number of amides is 1. The van der Waals surface area contributed by atoms with E-state index in [9.17, 15) is 17.6 Å². The highest BCUT2D eigenvalue weighted by molar-refractivity contribution is 7.95. The molecule has 0 bridgehead atoms. The lowest BCUT2D eigenvalue weighted by molar-refractivity contribution is -0.114. The summed E-state index contributed by atoms with van der Waals surface area (Å²) in [4.78, 5) is 14.6. The Bertz CT molecular complexity index is 1230. The smallest absolute Gasteiger partial charge is 0.253 e. The lowest BCUT2D eigenvalue weighted by Crippen LogP contribution is -2.45. The van der Waals surface area contributed by atoms with Crippen molar-refractivity contribution in [3.63, 3.8) is 0 Å². The summed E-state index contributed by atoms with van der Waals surface area (Å²) in [5.74, 6) is -0.886. The van der Waals surface area contributed by atoms with Gasteiger partial charge in [-0.3, -0.25) is 9.69 Å². The molecular weight excluding hydrogens is 401 g/mol. The van der Waals surface area contributed by atoms with E-state index in [-0.39, 0.29) is 9.80 Å². The van der Waals surface area contributed by atoms with Crippen LogP contribution in [0.2, 0.25) is 0 Å². The van der Waals surface area contributed by atoms with E-state index in [1.54, 1.807) is 43.3 Å². The highest BCUT2D eigenvalue weighted by Crippen LogP contribution is 2.47. The maximum Gasteiger partial charge on any atom is 0.253 e. The molecule has 1 aliphatic heterocycles. The van der Waals surface area contributed by atoms with Gasteiger partial charge in [0.1, 0.15) is 11.4 Å². The quantitative estimate of drug-likeness (QED) is 0.611. The minimum Gasteiger partial charge on any atom is -0.294 e. The highest BCUT2D eigenvalue weighted by atomic mass is 32.2. The Morgan fingerprint density at radius 1 is 0.867 bits per heavy atom. The van der Waals surface area contributed by atoms with E-state index >= 15 is 0 Å². The number of carbonyl (C=O) groups is 1. The van der Waals surface area contributed by atoms with Gasteiger partial charge in [0.25, 0.3) is 5.91 Å². The summed E-state index contributed by atoms with van der Waals surface area (Å²) < 4.78 is 40.8. The van der Waals surface area contributed by atoms with Gasteiger partial charge < -0.3 is 0 Å². The number of anilines is 1. The normalized spacial score (nSPS) is 19.1. The van der Waals surface area contributed by atoms with Crippen molar-refractivity contribution < 1.29 is 17.6 Å². The van der Waals surface area contributed by atoms with Crippen LogP contribution in [-0.2, 0) is 20.2 Å². The fraction of sp³-hybridized carbons (Fsp3) is 0.125. The number of rotatable bonds is 4. The molecule has 0 N–H and O–H groups in total. The maximum absolute atomic E-state index is 13.6. The van der Waals surface area contributed by atoms with E-state index in [2.05, 4.69) is 0 Å². The first-order valence-electron chi connectivity index (χ1n) is 9.44. The SMILES string of the molecule is Cc1ccc(S(=O)(=O)C2=CC(=O)N(c3ccccc3)C2(C)c2ccc(F)cc2)cc1. The Kier molecular flexibility index (Phi) is 4.82. The van der Waals surface area contributed by atoms with Crippen LogP contribution in [0.15, 0.2) is 94.7 Å². The first-order chi connectivity index (χ1) is 14.2.